The van der Waals surface area contributed by atoms with Crippen molar-refractivity contribution < 1.29 is 17.9 Å². The average molecular weight is 335 g/mol. The molecule has 1 atom stereocenters. The lowest BCUT2D eigenvalue weighted by Gasteiger charge is -2.21. The number of ether oxygens (including phenoxy) is 1. The molecule has 0 amide bonds. The van der Waals surface area contributed by atoms with Crippen LogP contribution >= 0.6 is 0 Å². The molecule has 124 valence electrons. The predicted octanol–water partition coefficient (Wildman–Crippen LogP) is 2.29. The van der Waals surface area contributed by atoms with Crippen LogP contribution in [0.25, 0.3) is 0 Å². The Labute approximate surface area is 137 Å². The number of nitrogens with zero attached hydrogens (tertiary/aromatic N) is 1. The fraction of sp³-hybridized carbons (Fsp3) is 0.353. The maximum Gasteiger partial charge on any atom is 0.330 e. The van der Waals surface area contributed by atoms with E-state index in [1.165, 1.54) is 17.5 Å². The molecular weight excluding hydrogens is 314 g/mol. The summed E-state index contributed by atoms with van der Waals surface area (Å²) in [5.41, 5.74) is 1.08. The summed E-state index contributed by atoms with van der Waals surface area (Å²) in [6.45, 7) is 7.94. The molecule has 0 bridgehead atoms. The Hall–Kier alpha value is -1.92. The Balaban J connectivity index is 2.38. The quantitative estimate of drug-likeness (QED) is 0.481. The van der Waals surface area contributed by atoms with Gasteiger partial charge in [0.15, 0.2) is 0 Å². The molecule has 23 heavy (non-hydrogen) atoms. The van der Waals surface area contributed by atoms with E-state index < -0.39 is 21.4 Å². The lowest BCUT2D eigenvalue weighted by Crippen LogP contribution is -2.30. The second kappa shape index (κ2) is 6.29. The van der Waals surface area contributed by atoms with E-state index in [4.69, 9.17) is 0 Å². The predicted molar refractivity (Wildman–Crippen MR) is 88.3 cm³/mol. The Morgan fingerprint density at radius 2 is 1.96 bits per heavy atom. The Bertz CT molecular complexity index is 749. The van der Waals surface area contributed by atoms with Gasteiger partial charge in [-0.05, 0) is 24.6 Å². The lowest BCUT2D eigenvalue weighted by molar-refractivity contribution is -0.134. The van der Waals surface area contributed by atoms with Gasteiger partial charge >= 0.3 is 5.97 Å². The Morgan fingerprint density at radius 1 is 1.35 bits per heavy atom. The van der Waals surface area contributed by atoms with Crippen molar-refractivity contribution in [3.05, 3.63) is 54.1 Å². The molecule has 5 nitrogen and oxygen atoms in total. The largest absolute Gasteiger partial charge is 0.466 e. The van der Waals surface area contributed by atoms with Crippen molar-refractivity contribution in [1.29, 1.82) is 0 Å². The van der Waals surface area contributed by atoms with E-state index in [0.717, 1.165) is 5.56 Å². The third-order valence-corrected chi connectivity index (χ3v) is 5.99. The highest BCUT2D eigenvalue weighted by Gasteiger charge is 2.42. The van der Waals surface area contributed by atoms with Crippen LogP contribution in [0.2, 0.25) is 0 Å². The number of benzene rings is 1. The first kappa shape index (κ1) is 17.4. The van der Waals surface area contributed by atoms with Gasteiger partial charge < -0.3 is 4.74 Å². The van der Waals surface area contributed by atoms with Crippen LogP contribution in [0.5, 0.6) is 0 Å². The normalized spacial score (nSPS) is 23.9. The van der Waals surface area contributed by atoms with Gasteiger partial charge in [0.05, 0.1) is 12.0 Å². The van der Waals surface area contributed by atoms with Crippen molar-refractivity contribution >= 4 is 16.0 Å². The van der Waals surface area contributed by atoms with E-state index in [9.17, 15) is 13.2 Å². The summed E-state index contributed by atoms with van der Waals surface area (Å²) in [5.74, 6) is -0.498. The SMILES string of the molecule is C=C[C@]1(C)CN(S(=O)(=O)c2ccc(C)cc2)C/C1=C\C(=O)OC. The van der Waals surface area contributed by atoms with Gasteiger partial charge in [-0.1, -0.05) is 30.7 Å². The number of carbonyl (C=O) groups excluding carboxylic acids is 1. The molecule has 1 saturated heterocycles. The topological polar surface area (TPSA) is 63.7 Å². The molecule has 1 aromatic carbocycles. The number of hydrogen-bond acceptors (Lipinski definition) is 4. The molecule has 0 aromatic heterocycles. The van der Waals surface area contributed by atoms with Crippen molar-refractivity contribution in [3.63, 3.8) is 0 Å². The van der Waals surface area contributed by atoms with Crippen LogP contribution in [0.15, 0.2) is 53.5 Å². The standard InChI is InChI=1S/C17H21NO4S/c1-5-17(3)12-18(11-14(17)10-16(19)22-4)23(20,21)15-8-6-13(2)7-9-15/h5-10H,1,11-12H2,2-4H3/b14-10+/t17-/m1/s1. The number of esters is 1. The van der Waals surface area contributed by atoms with Crippen molar-refractivity contribution in [1.82, 2.24) is 4.31 Å². The van der Waals surface area contributed by atoms with Crippen LogP contribution in [0, 0.1) is 12.3 Å². The summed E-state index contributed by atoms with van der Waals surface area (Å²) in [7, 11) is -2.33. The van der Waals surface area contributed by atoms with Crippen molar-refractivity contribution in [2.24, 2.45) is 5.41 Å². The zero-order valence-corrected chi connectivity index (χ0v) is 14.4. The molecule has 0 N–H and O–H groups in total. The van der Waals surface area contributed by atoms with Gasteiger partial charge in [0, 0.05) is 24.6 Å². The van der Waals surface area contributed by atoms with Crippen molar-refractivity contribution in [3.8, 4) is 0 Å². The summed E-state index contributed by atoms with van der Waals surface area (Å²) < 4.78 is 31.6. The Morgan fingerprint density at radius 3 is 2.48 bits per heavy atom. The van der Waals surface area contributed by atoms with Gasteiger partial charge in [0.25, 0.3) is 0 Å². The highest BCUT2D eigenvalue weighted by molar-refractivity contribution is 7.89. The third-order valence-electron chi connectivity index (χ3n) is 4.19. The third kappa shape index (κ3) is 3.38. The highest BCUT2D eigenvalue weighted by Crippen LogP contribution is 2.38. The van der Waals surface area contributed by atoms with E-state index in [0.29, 0.717) is 5.57 Å². The average Bonchev–Trinajstić information content (AvgIpc) is 2.86. The molecule has 0 radical (unpaired) electrons. The lowest BCUT2D eigenvalue weighted by atomic mass is 9.85. The molecule has 2 rings (SSSR count). The first-order chi connectivity index (χ1) is 10.7. The van der Waals surface area contributed by atoms with E-state index in [1.54, 1.807) is 30.3 Å². The number of aryl methyl sites for hydroxylation is 1. The number of sulfonamides is 1. The molecular formula is C17H21NO4S. The zero-order chi connectivity index (χ0) is 17.3. The van der Waals surface area contributed by atoms with E-state index >= 15 is 0 Å². The maximum absolute atomic E-state index is 12.8. The molecule has 1 fully saturated rings. The van der Waals surface area contributed by atoms with Crippen LogP contribution < -0.4 is 0 Å². The van der Waals surface area contributed by atoms with Crippen molar-refractivity contribution in [2.75, 3.05) is 20.2 Å². The van der Waals surface area contributed by atoms with Crippen LogP contribution in [-0.4, -0.2) is 38.9 Å². The first-order valence-corrected chi connectivity index (χ1v) is 8.66. The van der Waals surface area contributed by atoms with Gasteiger partial charge in [0.1, 0.15) is 0 Å². The summed E-state index contributed by atoms with van der Waals surface area (Å²) in [6, 6.07) is 6.72. The summed E-state index contributed by atoms with van der Waals surface area (Å²) in [6.07, 6.45) is 3.03. The minimum Gasteiger partial charge on any atom is -0.466 e. The number of carbonyl (C=O) groups is 1. The smallest absolute Gasteiger partial charge is 0.330 e. The second-order valence-electron chi connectivity index (χ2n) is 5.90. The minimum atomic E-state index is -3.62. The molecule has 0 spiro atoms. The molecule has 0 saturated carbocycles. The Kier molecular flexibility index (Phi) is 4.77. The molecule has 0 unspecified atom stereocenters. The number of hydrogen-bond donors (Lipinski definition) is 0. The van der Waals surface area contributed by atoms with Gasteiger partial charge in [0.2, 0.25) is 10.0 Å². The minimum absolute atomic E-state index is 0.147. The summed E-state index contributed by atoms with van der Waals surface area (Å²) >= 11 is 0. The maximum atomic E-state index is 12.8. The van der Waals surface area contributed by atoms with E-state index in [1.807, 2.05) is 13.8 Å². The van der Waals surface area contributed by atoms with Crippen molar-refractivity contribution in [2.45, 2.75) is 18.7 Å². The van der Waals surface area contributed by atoms with Crippen LogP contribution in [0.3, 0.4) is 0 Å². The highest BCUT2D eigenvalue weighted by atomic mass is 32.2. The monoisotopic (exact) mass is 335 g/mol. The fourth-order valence-electron chi connectivity index (χ4n) is 2.53. The molecule has 6 heteroatoms. The van der Waals surface area contributed by atoms with Gasteiger partial charge in [-0.3, -0.25) is 0 Å². The summed E-state index contributed by atoms with van der Waals surface area (Å²) in [4.78, 5) is 11.8. The van der Waals surface area contributed by atoms with Crippen LogP contribution in [-0.2, 0) is 19.6 Å². The van der Waals surface area contributed by atoms with E-state index in [2.05, 4.69) is 11.3 Å². The molecule has 1 aliphatic heterocycles. The number of rotatable bonds is 4. The fourth-order valence-corrected chi connectivity index (χ4v) is 4.06. The first-order valence-electron chi connectivity index (χ1n) is 7.22. The molecule has 1 heterocycles. The molecule has 1 aromatic rings. The zero-order valence-electron chi connectivity index (χ0n) is 13.6. The van der Waals surface area contributed by atoms with Gasteiger partial charge in [-0.2, -0.15) is 4.31 Å². The number of methoxy groups -OCH3 is 1. The van der Waals surface area contributed by atoms with Crippen LogP contribution in [0.1, 0.15) is 12.5 Å². The van der Waals surface area contributed by atoms with Crippen LogP contribution in [0.4, 0.5) is 0 Å². The van der Waals surface area contributed by atoms with E-state index in [-0.39, 0.29) is 18.0 Å². The molecule has 1 aliphatic rings. The molecule has 0 aliphatic carbocycles. The summed E-state index contributed by atoms with van der Waals surface area (Å²) in [5, 5.41) is 0. The van der Waals surface area contributed by atoms with Gasteiger partial charge in [-0.15, -0.1) is 6.58 Å². The van der Waals surface area contributed by atoms with Gasteiger partial charge in [-0.25, -0.2) is 13.2 Å². The second-order valence-corrected chi connectivity index (χ2v) is 7.84.